The second kappa shape index (κ2) is 3.48. The van der Waals surface area contributed by atoms with E-state index in [0.29, 0.717) is 5.65 Å². The molecule has 16 heavy (non-hydrogen) atoms. The summed E-state index contributed by atoms with van der Waals surface area (Å²) in [6, 6.07) is 7.72. The molecule has 0 aliphatic heterocycles. The number of rotatable bonds is 2. The van der Waals surface area contributed by atoms with Crippen LogP contribution in [0.4, 0.5) is 0 Å². The molecule has 3 aromatic heterocycles. The minimum atomic E-state index is 0.715. The van der Waals surface area contributed by atoms with Crippen LogP contribution < -0.4 is 0 Å². The molecular weight excluding hydrogens is 202 g/mol. The van der Waals surface area contributed by atoms with Crippen LogP contribution in [-0.2, 0) is 6.42 Å². The van der Waals surface area contributed by atoms with Crippen LogP contribution in [0.25, 0.3) is 22.7 Å². The zero-order valence-electron chi connectivity index (χ0n) is 8.90. The number of aryl methyl sites for hydroxylation is 1. The van der Waals surface area contributed by atoms with Gasteiger partial charge in [0.2, 0.25) is 0 Å². The molecule has 0 bridgehead atoms. The van der Waals surface area contributed by atoms with Gasteiger partial charge in [0, 0.05) is 12.6 Å². The van der Waals surface area contributed by atoms with E-state index in [1.54, 1.807) is 6.20 Å². The fourth-order valence-electron chi connectivity index (χ4n) is 1.66. The average molecular weight is 213 g/mol. The number of furan rings is 1. The number of pyridine rings is 1. The van der Waals surface area contributed by atoms with E-state index in [9.17, 15) is 0 Å². The maximum absolute atomic E-state index is 5.63. The summed E-state index contributed by atoms with van der Waals surface area (Å²) in [5, 5.41) is 0. The average Bonchev–Trinajstić information content (AvgIpc) is 2.95. The molecule has 0 atom stereocenters. The molecule has 0 saturated heterocycles. The van der Waals surface area contributed by atoms with Crippen LogP contribution in [0.1, 0.15) is 12.7 Å². The summed E-state index contributed by atoms with van der Waals surface area (Å²) in [5.74, 6) is 2.45. The Labute approximate surface area is 92.3 Å². The zero-order valence-corrected chi connectivity index (χ0v) is 8.90. The van der Waals surface area contributed by atoms with Gasteiger partial charge in [0.15, 0.2) is 17.2 Å². The maximum Gasteiger partial charge on any atom is 0.178 e. The smallest absolute Gasteiger partial charge is 0.178 e. The van der Waals surface area contributed by atoms with Crippen molar-refractivity contribution in [3.8, 4) is 11.6 Å². The Morgan fingerprint density at radius 3 is 3.00 bits per heavy atom. The molecular formula is C12H11N3O. The van der Waals surface area contributed by atoms with Gasteiger partial charge in [-0.05, 0) is 24.3 Å². The van der Waals surface area contributed by atoms with Crippen LogP contribution >= 0.6 is 0 Å². The molecule has 3 rings (SSSR count). The standard InChI is InChI=1S/C12H11N3O/c1-2-8-5-6-10(16-8)12-14-9-4-3-7-13-11(9)15-12/h3-7H,2H2,1H3,(H,13,14,15). The molecule has 0 saturated carbocycles. The third-order valence-electron chi connectivity index (χ3n) is 2.50. The molecule has 80 valence electrons. The number of nitrogens with one attached hydrogen (secondary N) is 1. The van der Waals surface area contributed by atoms with E-state index in [1.807, 2.05) is 24.3 Å². The van der Waals surface area contributed by atoms with Crippen molar-refractivity contribution in [2.75, 3.05) is 0 Å². The SMILES string of the molecule is CCc1ccc(-c2nc3ncccc3[nH]2)o1. The Balaban J connectivity index is 2.11. The van der Waals surface area contributed by atoms with Crippen LogP contribution in [0.5, 0.6) is 0 Å². The number of aromatic amines is 1. The van der Waals surface area contributed by atoms with Crippen molar-refractivity contribution >= 4 is 11.2 Å². The van der Waals surface area contributed by atoms with E-state index in [1.165, 1.54) is 0 Å². The summed E-state index contributed by atoms with van der Waals surface area (Å²) in [5.41, 5.74) is 1.64. The normalized spacial score (nSPS) is 11.1. The van der Waals surface area contributed by atoms with Crippen LogP contribution in [0, 0.1) is 0 Å². The predicted octanol–water partition coefficient (Wildman–Crippen LogP) is 2.78. The molecule has 1 N–H and O–H groups in total. The van der Waals surface area contributed by atoms with Crippen molar-refractivity contribution in [2.45, 2.75) is 13.3 Å². The Hall–Kier alpha value is -2.10. The molecule has 3 aromatic rings. The van der Waals surface area contributed by atoms with Gasteiger partial charge in [0.05, 0.1) is 5.52 Å². The van der Waals surface area contributed by atoms with Crippen molar-refractivity contribution in [2.24, 2.45) is 0 Å². The summed E-state index contributed by atoms with van der Waals surface area (Å²) in [6.07, 6.45) is 2.62. The summed E-state index contributed by atoms with van der Waals surface area (Å²) < 4.78 is 5.63. The fraction of sp³-hybridized carbons (Fsp3) is 0.167. The quantitative estimate of drug-likeness (QED) is 0.712. The van der Waals surface area contributed by atoms with Gasteiger partial charge in [-0.25, -0.2) is 9.97 Å². The lowest BCUT2D eigenvalue weighted by molar-refractivity contribution is 0.526. The highest BCUT2D eigenvalue weighted by molar-refractivity contribution is 5.74. The van der Waals surface area contributed by atoms with Crippen LogP contribution in [0.2, 0.25) is 0 Å². The first-order valence-corrected chi connectivity index (χ1v) is 5.26. The predicted molar refractivity (Wildman–Crippen MR) is 61.0 cm³/mol. The van der Waals surface area contributed by atoms with Crippen molar-refractivity contribution in [3.63, 3.8) is 0 Å². The minimum absolute atomic E-state index is 0.715. The van der Waals surface area contributed by atoms with Crippen LogP contribution in [0.15, 0.2) is 34.9 Å². The molecule has 0 radical (unpaired) electrons. The molecule has 0 spiro atoms. The molecule has 0 amide bonds. The molecule has 0 unspecified atom stereocenters. The van der Waals surface area contributed by atoms with Crippen molar-refractivity contribution in [1.29, 1.82) is 0 Å². The van der Waals surface area contributed by atoms with Crippen molar-refractivity contribution in [1.82, 2.24) is 15.0 Å². The molecule has 0 aliphatic rings. The lowest BCUT2D eigenvalue weighted by Crippen LogP contribution is -1.76. The highest BCUT2D eigenvalue weighted by Crippen LogP contribution is 2.21. The number of imidazole rings is 1. The summed E-state index contributed by atoms with van der Waals surface area (Å²) in [6.45, 7) is 2.06. The van der Waals surface area contributed by atoms with E-state index in [-0.39, 0.29) is 0 Å². The van der Waals surface area contributed by atoms with Gasteiger partial charge in [-0.1, -0.05) is 6.92 Å². The van der Waals surface area contributed by atoms with Gasteiger partial charge in [0.25, 0.3) is 0 Å². The number of hydrogen-bond acceptors (Lipinski definition) is 3. The lowest BCUT2D eigenvalue weighted by Gasteiger charge is -1.89. The van der Waals surface area contributed by atoms with Crippen molar-refractivity contribution < 1.29 is 4.42 Å². The third-order valence-corrected chi connectivity index (χ3v) is 2.50. The Kier molecular flexibility index (Phi) is 1.99. The first-order valence-electron chi connectivity index (χ1n) is 5.26. The monoisotopic (exact) mass is 213 g/mol. The summed E-state index contributed by atoms with van der Waals surface area (Å²) >= 11 is 0. The Morgan fingerprint density at radius 1 is 1.31 bits per heavy atom. The molecule has 0 aliphatic carbocycles. The Bertz CT molecular complexity index is 591. The fourth-order valence-corrected chi connectivity index (χ4v) is 1.66. The summed E-state index contributed by atoms with van der Waals surface area (Å²) in [7, 11) is 0. The van der Waals surface area contributed by atoms with Gasteiger partial charge >= 0.3 is 0 Å². The molecule has 0 aromatic carbocycles. The second-order valence-corrected chi connectivity index (χ2v) is 3.58. The Morgan fingerprint density at radius 2 is 2.25 bits per heavy atom. The first kappa shape index (κ1) is 9.15. The highest BCUT2D eigenvalue weighted by Gasteiger charge is 2.09. The number of fused-ring (bicyclic) bond motifs is 1. The van der Waals surface area contributed by atoms with Gasteiger partial charge in [-0.15, -0.1) is 0 Å². The number of H-pyrrole nitrogens is 1. The highest BCUT2D eigenvalue weighted by atomic mass is 16.3. The van der Waals surface area contributed by atoms with Crippen LogP contribution in [-0.4, -0.2) is 15.0 Å². The largest absolute Gasteiger partial charge is 0.458 e. The van der Waals surface area contributed by atoms with E-state index in [0.717, 1.165) is 29.3 Å². The number of hydrogen-bond donors (Lipinski definition) is 1. The van der Waals surface area contributed by atoms with E-state index in [4.69, 9.17) is 4.42 Å². The van der Waals surface area contributed by atoms with E-state index in [2.05, 4.69) is 21.9 Å². The number of aromatic nitrogens is 3. The third kappa shape index (κ3) is 1.39. The van der Waals surface area contributed by atoms with Gasteiger partial charge in [-0.2, -0.15) is 0 Å². The topological polar surface area (TPSA) is 54.7 Å². The summed E-state index contributed by atoms with van der Waals surface area (Å²) in [4.78, 5) is 11.7. The molecule has 3 heterocycles. The van der Waals surface area contributed by atoms with Crippen LogP contribution in [0.3, 0.4) is 0 Å². The molecule has 4 heteroatoms. The van der Waals surface area contributed by atoms with Crippen molar-refractivity contribution in [3.05, 3.63) is 36.2 Å². The molecule has 4 nitrogen and oxygen atoms in total. The zero-order chi connectivity index (χ0) is 11.0. The molecule has 0 fully saturated rings. The minimum Gasteiger partial charge on any atom is -0.458 e. The van der Waals surface area contributed by atoms with Gasteiger partial charge < -0.3 is 9.40 Å². The van der Waals surface area contributed by atoms with Gasteiger partial charge in [0.1, 0.15) is 5.76 Å². The first-order chi connectivity index (χ1) is 7.86. The number of nitrogens with zero attached hydrogens (tertiary/aromatic N) is 2. The van der Waals surface area contributed by atoms with E-state index >= 15 is 0 Å². The second-order valence-electron chi connectivity index (χ2n) is 3.58. The lowest BCUT2D eigenvalue weighted by atomic mass is 10.3. The van der Waals surface area contributed by atoms with E-state index < -0.39 is 0 Å². The maximum atomic E-state index is 5.63. The van der Waals surface area contributed by atoms with Gasteiger partial charge in [-0.3, -0.25) is 0 Å².